The van der Waals surface area contributed by atoms with Crippen molar-refractivity contribution in [2.75, 3.05) is 0 Å². The summed E-state index contributed by atoms with van der Waals surface area (Å²) in [6.07, 6.45) is 3.61. The number of rotatable bonds is 5. The first kappa shape index (κ1) is 10.1. The molecule has 0 spiro atoms. The van der Waals surface area contributed by atoms with E-state index in [-0.39, 0.29) is 5.60 Å². The minimum Gasteiger partial charge on any atom is -0.404 e. The van der Waals surface area contributed by atoms with Crippen molar-refractivity contribution < 1.29 is 4.43 Å². The fourth-order valence-electron chi connectivity index (χ4n) is 0.900. The summed E-state index contributed by atoms with van der Waals surface area (Å²) in [5.74, 6) is 0. The highest BCUT2D eigenvalue weighted by molar-refractivity contribution is 6.22. The Labute approximate surface area is 66.2 Å². The first-order valence-corrected chi connectivity index (χ1v) is 5.36. The van der Waals surface area contributed by atoms with Gasteiger partial charge in [-0.3, -0.25) is 0 Å². The highest BCUT2D eigenvalue weighted by atomic mass is 28.2. The average molecular weight is 161 g/mol. The molecule has 0 atom stereocenters. The van der Waals surface area contributed by atoms with Crippen molar-refractivity contribution in [2.45, 2.75) is 45.6 Å². The fourth-order valence-corrected chi connectivity index (χ4v) is 1.50. The molecule has 0 aromatic heterocycles. The third-order valence-corrected chi connectivity index (χ3v) is 2.55. The van der Waals surface area contributed by atoms with E-state index in [9.17, 15) is 0 Å². The van der Waals surface area contributed by atoms with Crippen molar-refractivity contribution in [2.24, 2.45) is 5.40 Å². The monoisotopic (exact) mass is 161 g/mol. The molecule has 2 N–H and O–H groups in total. The lowest BCUT2D eigenvalue weighted by atomic mass is 10.0. The zero-order chi connectivity index (χ0) is 8.04. The Morgan fingerprint density at radius 1 is 1.50 bits per heavy atom. The first-order chi connectivity index (χ1) is 4.62. The number of hydrogen-bond acceptors (Lipinski definition) is 2. The van der Waals surface area contributed by atoms with Crippen LogP contribution in [0.5, 0.6) is 0 Å². The third-order valence-electron chi connectivity index (χ3n) is 1.61. The standard InChI is InChI=1S/C7H19NOSi/c1-4-5-6-7(2,3)9-10-8/h4-6,8,10H2,1-3H3. The maximum Gasteiger partial charge on any atom is 0.234 e. The minimum atomic E-state index is -0.718. The van der Waals surface area contributed by atoms with Gasteiger partial charge in [0.05, 0.1) is 5.60 Å². The first-order valence-electron chi connectivity index (χ1n) is 3.96. The van der Waals surface area contributed by atoms with Gasteiger partial charge in [-0.25, -0.2) is 0 Å². The molecule has 0 unspecified atom stereocenters. The van der Waals surface area contributed by atoms with Gasteiger partial charge in [-0.2, -0.15) is 0 Å². The molecule has 10 heavy (non-hydrogen) atoms. The SMILES string of the molecule is CCCCC(C)(C)O[SiH2]N. The molecule has 0 aromatic carbocycles. The summed E-state index contributed by atoms with van der Waals surface area (Å²) in [4.78, 5) is 0. The summed E-state index contributed by atoms with van der Waals surface area (Å²) in [5.41, 5.74) is 0.0387. The summed E-state index contributed by atoms with van der Waals surface area (Å²) in [7, 11) is -0.718. The fraction of sp³-hybridized carbons (Fsp3) is 1.00. The van der Waals surface area contributed by atoms with Crippen LogP contribution in [0.4, 0.5) is 0 Å². The molecule has 3 heteroatoms. The molecule has 0 saturated carbocycles. The van der Waals surface area contributed by atoms with E-state index < -0.39 is 9.92 Å². The van der Waals surface area contributed by atoms with Crippen molar-refractivity contribution in [1.29, 1.82) is 0 Å². The number of hydrogen-bond donors (Lipinski definition) is 1. The van der Waals surface area contributed by atoms with Gasteiger partial charge in [-0.05, 0) is 20.3 Å². The van der Waals surface area contributed by atoms with Crippen molar-refractivity contribution in [3.63, 3.8) is 0 Å². The molecule has 0 aliphatic rings. The Morgan fingerprint density at radius 3 is 2.50 bits per heavy atom. The van der Waals surface area contributed by atoms with E-state index in [4.69, 9.17) is 9.83 Å². The van der Waals surface area contributed by atoms with Crippen LogP contribution in [-0.2, 0) is 4.43 Å². The molecule has 0 fully saturated rings. The second kappa shape index (κ2) is 4.88. The predicted molar refractivity (Wildman–Crippen MR) is 47.4 cm³/mol. The van der Waals surface area contributed by atoms with Crippen LogP contribution < -0.4 is 5.40 Å². The molecule has 62 valence electrons. The lowest BCUT2D eigenvalue weighted by Crippen LogP contribution is -2.29. The topological polar surface area (TPSA) is 35.2 Å². The van der Waals surface area contributed by atoms with E-state index in [1.807, 2.05) is 0 Å². The second-order valence-corrected chi connectivity index (χ2v) is 3.80. The van der Waals surface area contributed by atoms with Gasteiger partial charge in [-0.15, -0.1) is 0 Å². The van der Waals surface area contributed by atoms with E-state index in [0.717, 1.165) is 6.42 Å². The minimum absolute atomic E-state index is 0.0387. The summed E-state index contributed by atoms with van der Waals surface area (Å²) in [6.45, 7) is 6.42. The van der Waals surface area contributed by atoms with Crippen LogP contribution in [0.15, 0.2) is 0 Å². The Balaban J connectivity index is 3.42. The molecular weight excluding hydrogens is 142 g/mol. The third kappa shape index (κ3) is 4.96. The number of nitrogens with two attached hydrogens (primary N) is 1. The maximum atomic E-state index is 5.45. The average Bonchev–Trinajstić information content (AvgIpc) is 1.84. The molecule has 0 radical (unpaired) electrons. The molecule has 0 rings (SSSR count). The van der Waals surface area contributed by atoms with E-state index in [1.54, 1.807) is 0 Å². The Bertz CT molecular complexity index is 85.7. The van der Waals surface area contributed by atoms with Crippen LogP contribution in [0.3, 0.4) is 0 Å². The zero-order valence-electron chi connectivity index (χ0n) is 7.31. The summed E-state index contributed by atoms with van der Waals surface area (Å²) in [5, 5.41) is 5.40. The van der Waals surface area contributed by atoms with Gasteiger partial charge in [0.25, 0.3) is 0 Å². The Kier molecular flexibility index (Phi) is 4.94. The van der Waals surface area contributed by atoms with Gasteiger partial charge >= 0.3 is 0 Å². The molecule has 0 saturated heterocycles. The molecular formula is C7H19NOSi. The van der Waals surface area contributed by atoms with Gasteiger partial charge < -0.3 is 9.83 Å². The summed E-state index contributed by atoms with van der Waals surface area (Å²) in [6, 6.07) is 0. The van der Waals surface area contributed by atoms with Gasteiger partial charge in [-0.1, -0.05) is 19.8 Å². The van der Waals surface area contributed by atoms with Crippen LogP contribution in [0.25, 0.3) is 0 Å². The van der Waals surface area contributed by atoms with Gasteiger partial charge in [0.15, 0.2) is 0 Å². The van der Waals surface area contributed by atoms with Crippen LogP contribution in [-0.4, -0.2) is 15.5 Å². The Hall–Kier alpha value is 0.137. The van der Waals surface area contributed by atoms with Crippen molar-refractivity contribution in [3.05, 3.63) is 0 Å². The summed E-state index contributed by atoms with van der Waals surface area (Å²) >= 11 is 0. The molecule has 0 bridgehead atoms. The van der Waals surface area contributed by atoms with Gasteiger partial charge in [0, 0.05) is 0 Å². The Morgan fingerprint density at radius 2 is 2.10 bits per heavy atom. The van der Waals surface area contributed by atoms with Crippen LogP contribution in [0.2, 0.25) is 0 Å². The smallest absolute Gasteiger partial charge is 0.234 e. The molecule has 0 heterocycles. The van der Waals surface area contributed by atoms with Gasteiger partial charge in [0.1, 0.15) is 0 Å². The maximum absolute atomic E-state index is 5.45. The molecule has 0 amide bonds. The van der Waals surface area contributed by atoms with Crippen LogP contribution >= 0.6 is 0 Å². The van der Waals surface area contributed by atoms with E-state index in [2.05, 4.69) is 20.8 Å². The summed E-state index contributed by atoms with van der Waals surface area (Å²) < 4.78 is 5.45. The zero-order valence-corrected chi connectivity index (χ0v) is 8.73. The van der Waals surface area contributed by atoms with Crippen LogP contribution in [0.1, 0.15) is 40.0 Å². The second-order valence-electron chi connectivity index (χ2n) is 3.17. The normalized spacial score (nSPS) is 13.2. The number of unbranched alkanes of at least 4 members (excludes halogenated alkanes) is 1. The van der Waals surface area contributed by atoms with Crippen LogP contribution in [0, 0.1) is 0 Å². The molecule has 2 nitrogen and oxygen atoms in total. The lowest BCUT2D eigenvalue weighted by Gasteiger charge is -2.24. The highest BCUT2D eigenvalue weighted by Gasteiger charge is 2.15. The van der Waals surface area contributed by atoms with E-state index in [0.29, 0.717) is 0 Å². The van der Waals surface area contributed by atoms with E-state index >= 15 is 0 Å². The highest BCUT2D eigenvalue weighted by Crippen LogP contribution is 2.15. The van der Waals surface area contributed by atoms with Crippen molar-refractivity contribution >= 4 is 9.92 Å². The van der Waals surface area contributed by atoms with E-state index in [1.165, 1.54) is 12.8 Å². The largest absolute Gasteiger partial charge is 0.404 e. The molecule has 0 aliphatic carbocycles. The van der Waals surface area contributed by atoms with Gasteiger partial charge in [0.2, 0.25) is 9.92 Å². The lowest BCUT2D eigenvalue weighted by molar-refractivity contribution is 0.102. The predicted octanol–water partition coefficient (Wildman–Crippen LogP) is 0.929. The molecule has 0 aliphatic heterocycles. The van der Waals surface area contributed by atoms with Crippen molar-refractivity contribution in [1.82, 2.24) is 0 Å². The van der Waals surface area contributed by atoms with Crippen molar-refractivity contribution in [3.8, 4) is 0 Å². The quantitative estimate of drug-likeness (QED) is 0.609. The molecule has 0 aromatic rings.